The molecule has 1 nitrogen and oxygen atoms in total. The van der Waals surface area contributed by atoms with E-state index in [-0.39, 0.29) is 5.78 Å². The summed E-state index contributed by atoms with van der Waals surface area (Å²) in [7, 11) is 0. The summed E-state index contributed by atoms with van der Waals surface area (Å²) in [5.74, 6) is 0.666. The number of carbonyl (C=O) groups is 1. The number of allylic oxidation sites excluding steroid dienone is 6. The van der Waals surface area contributed by atoms with Crippen LogP contribution in [0, 0.1) is 12.8 Å². The van der Waals surface area contributed by atoms with Crippen LogP contribution < -0.4 is 0 Å². The second-order valence-electron chi connectivity index (χ2n) is 7.89. The predicted molar refractivity (Wildman–Crippen MR) is 125 cm³/mol. The van der Waals surface area contributed by atoms with Gasteiger partial charge >= 0.3 is 0 Å². The van der Waals surface area contributed by atoms with Crippen molar-refractivity contribution in [2.75, 3.05) is 0 Å². The maximum absolute atomic E-state index is 12.1. The number of Topliss-reactive ketones (excluding diaryl/α,β-unsaturated/α-hetero) is 1. The third-order valence-corrected chi connectivity index (χ3v) is 7.24. The molecule has 0 amide bonds. The van der Waals surface area contributed by atoms with Gasteiger partial charge in [0.25, 0.3) is 0 Å². The van der Waals surface area contributed by atoms with Gasteiger partial charge in [-0.25, -0.2) is 0 Å². The molecule has 0 N–H and O–H groups in total. The molecule has 1 atom stereocenters. The fourth-order valence-electron chi connectivity index (χ4n) is 4.22. The Labute approximate surface area is 178 Å². The monoisotopic (exact) mass is 400 g/mol. The molecule has 29 heavy (non-hydrogen) atoms. The molecule has 2 aromatic carbocycles. The predicted octanol–water partition coefficient (Wildman–Crippen LogP) is 7.53. The number of ketones is 1. The molecule has 2 heteroatoms. The van der Waals surface area contributed by atoms with Gasteiger partial charge in [-0.2, -0.15) is 0 Å². The van der Waals surface area contributed by atoms with Gasteiger partial charge in [-0.05, 0) is 70.7 Å². The molecule has 1 unspecified atom stereocenters. The number of hydrogen-bond acceptors (Lipinski definition) is 2. The number of thioether (sulfide) groups is 1. The minimum Gasteiger partial charge on any atom is -0.294 e. The molecule has 2 aliphatic rings. The van der Waals surface area contributed by atoms with Gasteiger partial charge in [-0.15, -0.1) is 0 Å². The van der Waals surface area contributed by atoms with E-state index in [9.17, 15) is 4.79 Å². The summed E-state index contributed by atoms with van der Waals surface area (Å²) in [5.41, 5.74) is 6.24. The van der Waals surface area contributed by atoms with E-state index in [1.54, 1.807) is 0 Å². The first-order chi connectivity index (χ1) is 14.2. The van der Waals surface area contributed by atoms with Crippen LogP contribution in [0.4, 0.5) is 0 Å². The van der Waals surface area contributed by atoms with Gasteiger partial charge in [0.05, 0.1) is 0 Å². The van der Waals surface area contributed by atoms with Crippen molar-refractivity contribution in [3.63, 3.8) is 0 Å². The van der Waals surface area contributed by atoms with E-state index in [0.29, 0.717) is 12.3 Å². The molecule has 1 aliphatic carbocycles. The quantitative estimate of drug-likeness (QED) is 0.447. The van der Waals surface area contributed by atoms with Gasteiger partial charge in [0, 0.05) is 17.9 Å². The molecular formula is C27H28OS. The second-order valence-corrected chi connectivity index (χ2v) is 9.09. The lowest BCUT2D eigenvalue weighted by atomic mass is 9.90. The maximum Gasteiger partial charge on any atom is 0.162 e. The van der Waals surface area contributed by atoms with E-state index in [4.69, 9.17) is 0 Å². The first-order valence-corrected chi connectivity index (χ1v) is 11.4. The third-order valence-electron chi connectivity index (χ3n) is 5.95. The van der Waals surface area contributed by atoms with Crippen LogP contribution >= 0.6 is 11.8 Å². The number of hydrogen-bond donors (Lipinski definition) is 0. The Morgan fingerprint density at radius 2 is 1.93 bits per heavy atom. The highest BCUT2D eigenvalue weighted by atomic mass is 32.2. The Kier molecular flexibility index (Phi) is 6.20. The molecule has 1 aliphatic heterocycles. The Morgan fingerprint density at radius 1 is 1.07 bits per heavy atom. The lowest BCUT2D eigenvalue weighted by Crippen LogP contribution is -2.06. The summed E-state index contributed by atoms with van der Waals surface area (Å²) in [6, 6.07) is 16.9. The second kappa shape index (κ2) is 9.00. The Morgan fingerprint density at radius 3 is 2.76 bits per heavy atom. The highest BCUT2D eigenvalue weighted by molar-refractivity contribution is 8.06. The number of rotatable bonds is 7. The van der Waals surface area contributed by atoms with Crippen molar-refractivity contribution in [1.29, 1.82) is 0 Å². The van der Waals surface area contributed by atoms with E-state index in [1.807, 2.05) is 30.8 Å². The molecule has 0 spiro atoms. The van der Waals surface area contributed by atoms with Crippen LogP contribution in [0.15, 0.2) is 76.6 Å². The highest BCUT2D eigenvalue weighted by Crippen LogP contribution is 2.49. The summed E-state index contributed by atoms with van der Waals surface area (Å²) in [6.45, 7) is 4.13. The van der Waals surface area contributed by atoms with Crippen LogP contribution in [-0.2, 0) is 6.42 Å². The molecule has 0 bridgehead atoms. The summed E-state index contributed by atoms with van der Waals surface area (Å²) >= 11 is 1.96. The fraction of sp³-hybridized carbons (Fsp3) is 0.296. The first kappa shape index (κ1) is 20.0. The molecular weight excluding hydrogens is 372 g/mol. The maximum atomic E-state index is 12.1. The molecule has 0 saturated carbocycles. The molecule has 0 aromatic heterocycles. The van der Waals surface area contributed by atoms with E-state index in [2.05, 4.69) is 61.5 Å². The fourth-order valence-corrected chi connectivity index (χ4v) is 5.45. The summed E-state index contributed by atoms with van der Waals surface area (Å²) < 4.78 is 0. The average Bonchev–Trinajstić information content (AvgIpc) is 3.18. The number of benzene rings is 2. The van der Waals surface area contributed by atoms with Gasteiger partial charge in [0.15, 0.2) is 5.78 Å². The lowest BCUT2D eigenvalue weighted by Gasteiger charge is -2.24. The zero-order valence-corrected chi connectivity index (χ0v) is 18.1. The molecule has 0 saturated heterocycles. The standard InChI is InChI=1S/C27H28OS/c1-3-26(28)22-12-6-11-21(18-22)24-16-17-27-25(24)15-14-23(29-27)13-7-10-20-9-5-4-8-19(20)2/h4-6,8-9,11-12,14,16-18,25H,3,7,10,13,15H2,1-2H3. The van der Waals surface area contributed by atoms with Crippen molar-refractivity contribution in [2.24, 2.45) is 5.92 Å². The number of carbonyl (C=O) groups excluding carboxylic acids is 1. The molecule has 0 fully saturated rings. The van der Waals surface area contributed by atoms with Gasteiger partial charge in [0.2, 0.25) is 0 Å². The van der Waals surface area contributed by atoms with Crippen LogP contribution in [0.25, 0.3) is 5.57 Å². The van der Waals surface area contributed by atoms with Crippen molar-refractivity contribution in [2.45, 2.75) is 46.0 Å². The lowest BCUT2D eigenvalue weighted by molar-refractivity contribution is 0.0988. The van der Waals surface area contributed by atoms with Crippen LogP contribution in [0.2, 0.25) is 0 Å². The third kappa shape index (κ3) is 4.48. The van der Waals surface area contributed by atoms with Crippen LogP contribution in [0.1, 0.15) is 59.7 Å². The van der Waals surface area contributed by atoms with Crippen LogP contribution in [-0.4, -0.2) is 5.78 Å². The highest BCUT2D eigenvalue weighted by Gasteiger charge is 2.28. The first-order valence-electron chi connectivity index (χ1n) is 10.6. The van der Waals surface area contributed by atoms with E-state index < -0.39 is 0 Å². The van der Waals surface area contributed by atoms with Crippen molar-refractivity contribution < 1.29 is 4.79 Å². The summed E-state index contributed by atoms with van der Waals surface area (Å²) in [5, 5.41) is 0. The Balaban J connectivity index is 1.39. The summed E-state index contributed by atoms with van der Waals surface area (Å²) in [4.78, 5) is 15.0. The number of aryl methyl sites for hydroxylation is 2. The molecule has 2 aromatic rings. The van der Waals surface area contributed by atoms with Gasteiger partial charge in [0.1, 0.15) is 0 Å². The van der Waals surface area contributed by atoms with E-state index >= 15 is 0 Å². The molecule has 1 heterocycles. The number of fused-ring (bicyclic) bond motifs is 1. The summed E-state index contributed by atoms with van der Waals surface area (Å²) in [6.07, 6.45) is 12.1. The normalized spacial score (nSPS) is 18.0. The molecule has 148 valence electrons. The average molecular weight is 401 g/mol. The smallest absolute Gasteiger partial charge is 0.162 e. The van der Waals surface area contributed by atoms with E-state index in [1.165, 1.54) is 38.5 Å². The van der Waals surface area contributed by atoms with E-state index in [0.717, 1.165) is 24.8 Å². The van der Waals surface area contributed by atoms with Gasteiger partial charge in [-0.1, -0.05) is 79.4 Å². The van der Waals surface area contributed by atoms with Crippen LogP contribution in [0.5, 0.6) is 0 Å². The Bertz CT molecular complexity index is 1010. The Hall–Kier alpha value is -2.32. The van der Waals surface area contributed by atoms with Gasteiger partial charge < -0.3 is 0 Å². The van der Waals surface area contributed by atoms with Crippen molar-refractivity contribution in [1.82, 2.24) is 0 Å². The van der Waals surface area contributed by atoms with Crippen LogP contribution in [0.3, 0.4) is 0 Å². The minimum atomic E-state index is 0.215. The SMILES string of the molecule is CCC(=O)c1cccc(C2=CC=C3SC(CCCc4ccccc4C)=CCC32)c1. The van der Waals surface area contributed by atoms with Crippen molar-refractivity contribution in [3.05, 3.63) is 98.8 Å². The topological polar surface area (TPSA) is 17.1 Å². The molecule has 4 rings (SSSR count). The molecule has 0 radical (unpaired) electrons. The minimum absolute atomic E-state index is 0.215. The van der Waals surface area contributed by atoms with Crippen molar-refractivity contribution >= 4 is 23.1 Å². The van der Waals surface area contributed by atoms with Crippen molar-refractivity contribution in [3.8, 4) is 0 Å². The largest absolute Gasteiger partial charge is 0.294 e. The van der Waals surface area contributed by atoms with Gasteiger partial charge in [-0.3, -0.25) is 4.79 Å². The zero-order chi connectivity index (χ0) is 20.2. The zero-order valence-electron chi connectivity index (χ0n) is 17.3.